The molecule has 1 unspecified atom stereocenters. The van der Waals surface area contributed by atoms with Crippen molar-refractivity contribution in [1.82, 2.24) is 5.32 Å². The number of amides is 1. The van der Waals surface area contributed by atoms with E-state index in [1.165, 1.54) is 16.9 Å². The van der Waals surface area contributed by atoms with Crippen molar-refractivity contribution < 1.29 is 4.79 Å². The Bertz CT molecular complexity index is 391. The van der Waals surface area contributed by atoms with Gasteiger partial charge in [-0.1, -0.05) is 11.6 Å². The van der Waals surface area contributed by atoms with Gasteiger partial charge in [-0.3, -0.25) is 4.79 Å². The summed E-state index contributed by atoms with van der Waals surface area (Å²) in [7, 11) is 0. The molecule has 0 bridgehead atoms. The number of primary amides is 1. The Morgan fingerprint density at radius 1 is 1.69 bits per heavy atom. The molecule has 0 radical (unpaired) electrons. The zero-order valence-electron chi connectivity index (χ0n) is 8.96. The number of aryl methyl sites for hydroxylation is 1. The van der Waals surface area contributed by atoms with Gasteiger partial charge in [0.25, 0.3) is 0 Å². The van der Waals surface area contributed by atoms with Crippen LogP contribution in [0, 0.1) is 0 Å². The van der Waals surface area contributed by atoms with Gasteiger partial charge < -0.3 is 11.1 Å². The van der Waals surface area contributed by atoms with E-state index >= 15 is 0 Å². The molecule has 0 aliphatic heterocycles. The van der Waals surface area contributed by atoms with E-state index in [4.69, 9.17) is 17.3 Å². The monoisotopic (exact) mass is 258 g/mol. The van der Waals surface area contributed by atoms with Crippen molar-refractivity contribution >= 4 is 28.8 Å². The van der Waals surface area contributed by atoms with Crippen LogP contribution in [-0.4, -0.2) is 12.5 Å². The van der Waals surface area contributed by atoms with Gasteiger partial charge in [0.05, 0.1) is 4.34 Å². The fourth-order valence-electron chi connectivity index (χ4n) is 2.10. The van der Waals surface area contributed by atoms with Gasteiger partial charge in [-0.15, -0.1) is 11.3 Å². The second kappa shape index (κ2) is 5.17. The molecular weight excluding hydrogens is 244 g/mol. The minimum atomic E-state index is -0.258. The Kier molecular flexibility index (Phi) is 3.84. The van der Waals surface area contributed by atoms with Gasteiger partial charge in [-0.25, -0.2) is 0 Å². The normalized spacial score (nSPS) is 19.4. The predicted octanol–water partition coefficient (Wildman–Crippen LogP) is 2.24. The highest BCUT2D eigenvalue weighted by Gasteiger charge is 2.22. The number of nitrogens with two attached hydrogens (primary N) is 1. The molecule has 0 spiro atoms. The Hall–Kier alpha value is -0.580. The van der Waals surface area contributed by atoms with E-state index in [0.717, 1.165) is 17.2 Å². The van der Waals surface area contributed by atoms with Crippen molar-refractivity contribution in [3.05, 3.63) is 20.8 Å². The van der Waals surface area contributed by atoms with Crippen molar-refractivity contribution in [3.8, 4) is 0 Å². The molecule has 1 aromatic rings. The van der Waals surface area contributed by atoms with Crippen molar-refractivity contribution in [1.29, 1.82) is 0 Å². The topological polar surface area (TPSA) is 55.1 Å². The van der Waals surface area contributed by atoms with Crippen molar-refractivity contribution in [2.45, 2.75) is 31.7 Å². The van der Waals surface area contributed by atoms with E-state index in [2.05, 4.69) is 5.32 Å². The molecule has 5 heteroatoms. The molecular formula is C11H15ClN2OS. The maximum absolute atomic E-state index is 10.7. The number of hydrogen-bond acceptors (Lipinski definition) is 3. The molecule has 0 saturated carbocycles. The molecule has 16 heavy (non-hydrogen) atoms. The van der Waals surface area contributed by atoms with Crippen LogP contribution in [0.1, 0.15) is 35.7 Å². The van der Waals surface area contributed by atoms with Crippen LogP contribution in [0.2, 0.25) is 4.34 Å². The minimum absolute atomic E-state index is 0.258. The summed E-state index contributed by atoms with van der Waals surface area (Å²) < 4.78 is 0.855. The summed E-state index contributed by atoms with van der Waals surface area (Å²) in [6.07, 6.45) is 3.81. The van der Waals surface area contributed by atoms with Crippen LogP contribution in [0.4, 0.5) is 0 Å². The quantitative estimate of drug-likeness (QED) is 0.870. The summed E-state index contributed by atoms with van der Waals surface area (Å²) in [6, 6.07) is 2.38. The average molecular weight is 259 g/mol. The molecule has 1 aliphatic carbocycles. The number of hydrogen-bond donors (Lipinski definition) is 2. The predicted molar refractivity (Wildman–Crippen MR) is 66.8 cm³/mol. The molecule has 3 N–H and O–H groups in total. The highest BCUT2D eigenvalue weighted by atomic mass is 35.5. The number of rotatable bonds is 4. The number of fused-ring (bicyclic) bond motifs is 1. The van der Waals surface area contributed by atoms with Crippen LogP contribution in [0.5, 0.6) is 0 Å². The van der Waals surface area contributed by atoms with Gasteiger partial charge in [-0.05, 0) is 30.9 Å². The smallest absolute Gasteiger partial charge is 0.218 e. The summed E-state index contributed by atoms with van der Waals surface area (Å²) in [4.78, 5) is 12.0. The molecule has 0 fully saturated rings. The molecule has 0 aromatic carbocycles. The van der Waals surface area contributed by atoms with E-state index in [9.17, 15) is 4.79 Å². The first-order valence-electron chi connectivity index (χ1n) is 5.46. The van der Waals surface area contributed by atoms with Gasteiger partial charge in [0, 0.05) is 23.9 Å². The van der Waals surface area contributed by atoms with Gasteiger partial charge in [0.1, 0.15) is 0 Å². The Labute approximate surface area is 104 Å². The lowest BCUT2D eigenvalue weighted by atomic mass is 9.94. The fraction of sp³-hybridized carbons (Fsp3) is 0.545. The molecule has 1 aliphatic rings. The van der Waals surface area contributed by atoms with E-state index in [1.807, 2.05) is 6.07 Å². The summed E-state index contributed by atoms with van der Waals surface area (Å²) in [6.45, 7) is 0.646. The third-order valence-electron chi connectivity index (χ3n) is 2.85. The Balaban J connectivity index is 1.98. The van der Waals surface area contributed by atoms with Crippen molar-refractivity contribution in [3.63, 3.8) is 0 Å². The van der Waals surface area contributed by atoms with E-state index < -0.39 is 0 Å². The average Bonchev–Trinajstić information content (AvgIpc) is 2.58. The maximum Gasteiger partial charge on any atom is 0.218 e. The lowest BCUT2D eigenvalue weighted by molar-refractivity contribution is -0.117. The molecule has 1 amide bonds. The fourth-order valence-corrected chi connectivity index (χ4v) is 3.49. The molecule has 0 saturated heterocycles. The second-order valence-electron chi connectivity index (χ2n) is 4.04. The zero-order chi connectivity index (χ0) is 11.5. The van der Waals surface area contributed by atoms with Crippen LogP contribution >= 0.6 is 22.9 Å². The maximum atomic E-state index is 10.7. The lowest BCUT2D eigenvalue weighted by Crippen LogP contribution is -2.28. The van der Waals surface area contributed by atoms with Crippen LogP contribution < -0.4 is 11.1 Å². The van der Waals surface area contributed by atoms with Gasteiger partial charge in [-0.2, -0.15) is 0 Å². The lowest BCUT2D eigenvalue weighted by Gasteiger charge is -2.23. The zero-order valence-corrected chi connectivity index (χ0v) is 10.5. The number of thiophene rings is 1. The Morgan fingerprint density at radius 2 is 2.50 bits per heavy atom. The third-order valence-corrected chi connectivity index (χ3v) is 4.19. The first-order valence-corrected chi connectivity index (χ1v) is 6.66. The van der Waals surface area contributed by atoms with Gasteiger partial charge in [0.2, 0.25) is 5.91 Å². The molecule has 1 aromatic heterocycles. The standard InChI is InChI=1S/C11H15ClN2OS/c12-10-6-7-8(14-5-4-11(13)15)2-1-3-9(7)16-10/h6,8,14H,1-5H2,(H2,13,15). The number of carbonyl (C=O) groups excluding carboxylic acids is 1. The van der Waals surface area contributed by atoms with Gasteiger partial charge in [0.15, 0.2) is 0 Å². The first kappa shape index (κ1) is 11.9. The number of carbonyl (C=O) groups is 1. The molecule has 3 nitrogen and oxygen atoms in total. The highest BCUT2D eigenvalue weighted by Crippen LogP contribution is 2.37. The number of halogens is 1. The van der Waals surface area contributed by atoms with Crippen LogP contribution in [0.15, 0.2) is 6.07 Å². The van der Waals surface area contributed by atoms with E-state index in [1.54, 1.807) is 11.3 Å². The summed E-state index contributed by atoms with van der Waals surface area (Å²) in [5.41, 5.74) is 6.42. The molecule has 1 heterocycles. The molecule has 1 atom stereocenters. The number of nitrogens with one attached hydrogen (secondary N) is 1. The van der Waals surface area contributed by atoms with Crippen LogP contribution in [0.25, 0.3) is 0 Å². The molecule has 2 rings (SSSR count). The van der Waals surface area contributed by atoms with Crippen LogP contribution in [-0.2, 0) is 11.2 Å². The second-order valence-corrected chi connectivity index (χ2v) is 5.81. The summed E-state index contributed by atoms with van der Waals surface area (Å²) in [5, 5.41) is 3.37. The van der Waals surface area contributed by atoms with E-state index in [0.29, 0.717) is 19.0 Å². The van der Waals surface area contributed by atoms with Crippen molar-refractivity contribution in [2.24, 2.45) is 5.73 Å². The van der Waals surface area contributed by atoms with Gasteiger partial charge >= 0.3 is 0 Å². The third kappa shape index (κ3) is 2.75. The van der Waals surface area contributed by atoms with Crippen LogP contribution in [0.3, 0.4) is 0 Å². The largest absolute Gasteiger partial charge is 0.370 e. The summed E-state index contributed by atoms with van der Waals surface area (Å²) >= 11 is 7.68. The van der Waals surface area contributed by atoms with Crippen molar-refractivity contribution in [2.75, 3.05) is 6.54 Å². The first-order chi connectivity index (χ1) is 7.66. The van der Waals surface area contributed by atoms with E-state index in [-0.39, 0.29) is 5.91 Å². The highest BCUT2D eigenvalue weighted by molar-refractivity contribution is 7.16. The molecule has 88 valence electrons. The SMILES string of the molecule is NC(=O)CCNC1CCCc2sc(Cl)cc21. The summed E-state index contributed by atoms with van der Waals surface area (Å²) in [5.74, 6) is -0.258. The minimum Gasteiger partial charge on any atom is -0.370 e. The Morgan fingerprint density at radius 3 is 3.25 bits per heavy atom.